The van der Waals surface area contributed by atoms with Gasteiger partial charge in [0.15, 0.2) is 0 Å². The highest BCUT2D eigenvalue weighted by Gasteiger charge is 2.34. The van der Waals surface area contributed by atoms with E-state index in [1.165, 1.54) is 76.2 Å². The molecule has 0 aliphatic carbocycles. The van der Waals surface area contributed by atoms with Crippen molar-refractivity contribution in [2.24, 2.45) is 5.73 Å². The van der Waals surface area contributed by atoms with Crippen molar-refractivity contribution in [3.05, 3.63) is 35.9 Å². The van der Waals surface area contributed by atoms with E-state index in [1.54, 1.807) is 0 Å². The Bertz CT molecular complexity index is 427. The number of unbranched alkanes of at least 4 members (excludes halogenated alkanes) is 10. The molecule has 4 N–H and O–H groups in total. The highest BCUT2D eigenvalue weighted by Crippen LogP contribution is 2.36. The normalized spacial score (nSPS) is 12.6. The maximum absolute atomic E-state index is 6.73. The summed E-state index contributed by atoms with van der Waals surface area (Å²) in [7, 11) is 0. The zero-order valence-corrected chi connectivity index (χ0v) is 18.4. The Hall–Kier alpha value is -0.860. The lowest BCUT2D eigenvalue weighted by atomic mass is 9.69. The van der Waals surface area contributed by atoms with Crippen molar-refractivity contribution in [1.82, 2.24) is 0 Å². The van der Waals surface area contributed by atoms with Crippen LogP contribution in [0.15, 0.2) is 30.3 Å². The molecule has 1 unspecified atom stereocenters. The van der Waals surface area contributed by atoms with Gasteiger partial charge in [-0.15, -0.1) is 0 Å². The Morgan fingerprint density at radius 2 is 1.15 bits per heavy atom. The number of rotatable bonds is 16. The average molecular weight is 378 g/mol. The Morgan fingerprint density at radius 1 is 0.704 bits per heavy atom. The van der Waals surface area contributed by atoms with E-state index >= 15 is 0 Å². The van der Waals surface area contributed by atoms with E-state index in [4.69, 9.17) is 5.73 Å². The summed E-state index contributed by atoms with van der Waals surface area (Å²) in [5.41, 5.74) is 8.31. The molecule has 1 aromatic carbocycles. The Kier molecular flexibility index (Phi) is 15.6. The molecule has 2 nitrogen and oxygen atoms in total. The van der Waals surface area contributed by atoms with Gasteiger partial charge in [-0.25, -0.2) is 0 Å². The van der Waals surface area contributed by atoms with Crippen molar-refractivity contribution in [3.8, 4) is 0 Å². The van der Waals surface area contributed by atoms with E-state index in [1.807, 2.05) is 0 Å². The topological polar surface area (TPSA) is 57.5 Å². The quantitative estimate of drug-likeness (QED) is 0.311. The predicted molar refractivity (Wildman–Crippen MR) is 121 cm³/mol. The second-order valence-corrected chi connectivity index (χ2v) is 8.16. The smallest absolute Gasteiger partial charge is 0.0136 e. The number of benzene rings is 1. The van der Waals surface area contributed by atoms with Gasteiger partial charge in [0.05, 0.1) is 0 Å². The lowest BCUT2D eigenvalue weighted by molar-refractivity contribution is 0.297. The van der Waals surface area contributed by atoms with Crippen molar-refractivity contribution in [1.29, 1.82) is 0 Å². The molecule has 0 heterocycles. The van der Waals surface area contributed by atoms with E-state index in [0.717, 1.165) is 19.3 Å². The molecule has 27 heavy (non-hydrogen) atoms. The molecule has 2 heteroatoms. The second-order valence-electron chi connectivity index (χ2n) is 8.16. The lowest BCUT2D eigenvalue weighted by Gasteiger charge is -2.38. The van der Waals surface area contributed by atoms with Gasteiger partial charge in [-0.1, -0.05) is 122 Å². The van der Waals surface area contributed by atoms with Gasteiger partial charge in [-0.3, -0.25) is 0 Å². The van der Waals surface area contributed by atoms with Crippen LogP contribution >= 0.6 is 0 Å². The summed E-state index contributed by atoms with van der Waals surface area (Å²) in [4.78, 5) is 0. The zero-order chi connectivity index (χ0) is 19.1. The second kappa shape index (κ2) is 16.1. The molecule has 0 amide bonds. The van der Waals surface area contributed by atoms with Gasteiger partial charge in [0.25, 0.3) is 0 Å². The molecule has 1 rings (SSSR count). The minimum absolute atomic E-state index is 0. The summed E-state index contributed by atoms with van der Waals surface area (Å²) < 4.78 is 0. The van der Waals surface area contributed by atoms with Crippen LogP contribution in [0.2, 0.25) is 0 Å². The van der Waals surface area contributed by atoms with E-state index in [9.17, 15) is 0 Å². The minimum Gasteiger partial charge on any atom is -0.412 e. The van der Waals surface area contributed by atoms with Crippen molar-refractivity contribution in [2.45, 2.75) is 122 Å². The van der Waals surface area contributed by atoms with Gasteiger partial charge in [0, 0.05) is 11.5 Å². The first-order chi connectivity index (χ1) is 12.7. The molecular formula is C25H47NO. The molecule has 158 valence electrons. The summed E-state index contributed by atoms with van der Waals surface area (Å²) in [6, 6.07) is 11.2. The monoisotopic (exact) mass is 377 g/mol. The first kappa shape index (κ1) is 26.1. The van der Waals surface area contributed by atoms with Gasteiger partial charge in [-0.05, 0) is 24.8 Å². The van der Waals surface area contributed by atoms with Gasteiger partial charge in [0.2, 0.25) is 0 Å². The molecule has 0 bridgehead atoms. The molecule has 0 saturated heterocycles. The summed E-state index contributed by atoms with van der Waals surface area (Å²) in [6.07, 6.45) is 18.8. The standard InChI is InChI=1S/C25H45N.H2O/c1-4-7-8-9-10-11-12-13-14-15-19-22-24(26)25(5-2,6-3)23-20-17-16-18-21-23;/h16-18,20-21,24H,4-15,19,22,26H2,1-3H3;1H2. The minimum atomic E-state index is 0. The summed E-state index contributed by atoms with van der Waals surface area (Å²) >= 11 is 0. The van der Waals surface area contributed by atoms with Crippen molar-refractivity contribution < 1.29 is 5.48 Å². The highest BCUT2D eigenvalue weighted by atomic mass is 16.0. The fourth-order valence-corrected chi connectivity index (χ4v) is 4.47. The summed E-state index contributed by atoms with van der Waals surface area (Å²) in [5, 5.41) is 0. The summed E-state index contributed by atoms with van der Waals surface area (Å²) in [5.74, 6) is 0. The molecule has 0 radical (unpaired) electrons. The molecule has 1 atom stereocenters. The van der Waals surface area contributed by atoms with Crippen LogP contribution in [-0.4, -0.2) is 11.5 Å². The van der Waals surface area contributed by atoms with Crippen LogP contribution < -0.4 is 5.73 Å². The van der Waals surface area contributed by atoms with Crippen molar-refractivity contribution >= 4 is 0 Å². The van der Waals surface area contributed by atoms with E-state index < -0.39 is 0 Å². The van der Waals surface area contributed by atoms with Crippen LogP contribution in [0.25, 0.3) is 0 Å². The third-order valence-corrected chi connectivity index (χ3v) is 6.44. The first-order valence-corrected chi connectivity index (χ1v) is 11.5. The third-order valence-electron chi connectivity index (χ3n) is 6.44. The fourth-order valence-electron chi connectivity index (χ4n) is 4.47. The van der Waals surface area contributed by atoms with Crippen LogP contribution in [0.3, 0.4) is 0 Å². The van der Waals surface area contributed by atoms with E-state index in [2.05, 4.69) is 51.1 Å². The number of hydrogen-bond acceptors (Lipinski definition) is 1. The molecule has 0 aliphatic rings. The number of hydrogen-bond donors (Lipinski definition) is 1. The van der Waals surface area contributed by atoms with Crippen LogP contribution in [0.5, 0.6) is 0 Å². The first-order valence-electron chi connectivity index (χ1n) is 11.5. The molecule has 0 aromatic heterocycles. The van der Waals surface area contributed by atoms with Crippen LogP contribution in [0, 0.1) is 0 Å². The van der Waals surface area contributed by atoms with Gasteiger partial charge in [-0.2, -0.15) is 0 Å². The molecule has 0 fully saturated rings. The van der Waals surface area contributed by atoms with Gasteiger partial charge in [0.1, 0.15) is 0 Å². The molecular weight excluding hydrogens is 330 g/mol. The molecule has 0 saturated carbocycles. The number of nitrogens with two attached hydrogens (primary N) is 1. The maximum Gasteiger partial charge on any atom is 0.0136 e. The average Bonchev–Trinajstić information content (AvgIpc) is 2.68. The van der Waals surface area contributed by atoms with Crippen molar-refractivity contribution in [3.63, 3.8) is 0 Å². The largest absolute Gasteiger partial charge is 0.412 e. The lowest BCUT2D eigenvalue weighted by Crippen LogP contribution is -2.44. The van der Waals surface area contributed by atoms with E-state index in [0.29, 0.717) is 0 Å². The molecule has 0 spiro atoms. The summed E-state index contributed by atoms with van der Waals surface area (Å²) in [6.45, 7) is 6.89. The van der Waals surface area contributed by atoms with Crippen LogP contribution in [0.1, 0.15) is 116 Å². The van der Waals surface area contributed by atoms with Crippen LogP contribution in [-0.2, 0) is 5.41 Å². The fraction of sp³-hybridized carbons (Fsp3) is 0.760. The zero-order valence-electron chi connectivity index (χ0n) is 18.4. The Balaban J connectivity index is 0.00000676. The Labute approximate surface area is 169 Å². The van der Waals surface area contributed by atoms with Crippen molar-refractivity contribution in [2.75, 3.05) is 0 Å². The predicted octanol–water partition coefficient (Wildman–Crippen LogP) is 6.95. The SMILES string of the molecule is CCCCCCCCCCCCCC(N)C(CC)(CC)c1ccccc1.O. The maximum atomic E-state index is 6.73. The molecule has 1 aromatic rings. The Morgan fingerprint density at radius 3 is 1.59 bits per heavy atom. The highest BCUT2D eigenvalue weighted by molar-refractivity contribution is 5.27. The molecule has 0 aliphatic heterocycles. The van der Waals surface area contributed by atoms with Gasteiger partial charge >= 0.3 is 0 Å². The third kappa shape index (κ3) is 9.25. The van der Waals surface area contributed by atoms with Gasteiger partial charge < -0.3 is 11.2 Å². The van der Waals surface area contributed by atoms with E-state index in [-0.39, 0.29) is 16.9 Å². The van der Waals surface area contributed by atoms with Crippen LogP contribution in [0.4, 0.5) is 0 Å².